The molecule has 4 heteroatoms. The van der Waals surface area contributed by atoms with E-state index in [1.165, 1.54) is 5.56 Å². The Labute approximate surface area is 128 Å². The van der Waals surface area contributed by atoms with Gasteiger partial charge in [0.2, 0.25) is 5.88 Å². The number of hydrogen-bond donors (Lipinski definition) is 1. The van der Waals surface area contributed by atoms with Crippen molar-refractivity contribution in [1.29, 1.82) is 0 Å². The van der Waals surface area contributed by atoms with Gasteiger partial charge in [-0.3, -0.25) is 0 Å². The quantitative estimate of drug-likeness (QED) is 0.839. The second-order valence-electron chi connectivity index (χ2n) is 6.92. The van der Waals surface area contributed by atoms with Gasteiger partial charge in [-0.25, -0.2) is 4.98 Å². The summed E-state index contributed by atoms with van der Waals surface area (Å²) in [5.74, 6) is 1.25. The van der Waals surface area contributed by atoms with Gasteiger partial charge in [-0.1, -0.05) is 33.8 Å². The normalized spacial score (nSPS) is 23.9. The molecule has 1 aliphatic carbocycles. The molecule has 2 rings (SSSR count). The first-order valence-corrected chi connectivity index (χ1v) is 7.77. The molecular weight excluding hydrogens is 264 g/mol. The minimum atomic E-state index is 0.189. The van der Waals surface area contributed by atoms with Crippen LogP contribution in [0.5, 0.6) is 5.88 Å². The first-order chi connectivity index (χ1) is 9.93. The van der Waals surface area contributed by atoms with Gasteiger partial charge in [0.25, 0.3) is 0 Å². The lowest BCUT2D eigenvalue weighted by molar-refractivity contribution is -0.124. The summed E-state index contributed by atoms with van der Waals surface area (Å²) in [5, 5.41) is 3.62. The Morgan fingerprint density at radius 1 is 1.38 bits per heavy atom. The van der Waals surface area contributed by atoms with Gasteiger partial charge in [-0.2, -0.15) is 0 Å². The molecule has 1 heterocycles. The molecule has 0 radical (unpaired) electrons. The Morgan fingerprint density at radius 2 is 2.14 bits per heavy atom. The zero-order valence-corrected chi connectivity index (χ0v) is 13.8. The van der Waals surface area contributed by atoms with Crippen LogP contribution < -0.4 is 10.1 Å². The lowest BCUT2D eigenvalue weighted by Crippen LogP contribution is -2.60. The van der Waals surface area contributed by atoms with Crippen LogP contribution >= 0.6 is 0 Å². The third kappa shape index (κ3) is 3.95. The summed E-state index contributed by atoms with van der Waals surface area (Å²) in [6.45, 7) is 10.6. The lowest BCUT2D eigenvalue weighted by Gasteiger charge is -2.52. The van der Waals surface area contributed by atoms with Crippen LogP contribution in [0.1, 0.15) is 39.7 Å². The SMILES string of the molecule is COc1ccc(CNC2CC(OCC(C)C)C2(C)C)cn1. The van der Waals surface area contributed by atoms with Crippen molar-refractivity contribution in [2.24, 2.45) is 11.3 Å². The molecule has 0 bridgehead atoms. The van der Waals surface area contributed by atoms with Crippen molar-refractivity contribution >= 4 is 0 Å². The second-order valence-corrected chi connectivity index (χ2v) is 6.92. The van der Waals surface area contributed by atoms with E-state index in [0.29, 0.717) is 23.9 Å². The molecule has 0 saturated heterocycles. The fourth-order valence-corrected chi connectivity index (χ4v) is 2.70. The van der Waals surface area contributed by atoms with Crippen LogP contribution in [0.3, 0.4) is 0 Å². The van der Waals surface area contributed by atoms with Crippen LogP contribution in [0.15, 0.2) is 18.3 Å². The summed E-state index contributed by atoms with van der Waals surface area (Å²) in [5.41, 5.74) is 1.37. The first-order valence-electron chi connectivity index (χ1n) is 7.77. The minimum absolute atomic E-state index is 0.189. The van der Waals surface area contributed by atoms with E-state index >= 15 is 0 Å². The summed E-state index contributed by atoms with van der Waals surface area (Å²) in [6, 6.07) is 4.45. The smallest absolute Gasteiger partial charge is 0.212 e. The highest BCUT2D eigenvalue weighted by molar-refractivity contribution is 5.18. The van der Waals surface area contributed by atoms with E-state index < -0.39 is 0 Å². The maximum atomic E-state index is 6.00. The molecule has 2 atom stereocenters. The highest BCUT2D eigenvalue weighted by Crippen LogP contribution is 2.43. The van der Waals surface area contributed by atoms with Crippen molar-refractivity contribution in [2.75, 3.05) is 13.7 Å². The van der Waals surface area contributed by atoms with Crippen molar-refractivity contribution in [3.05, 3.63) is 23.9 Å². The van der Waals surface area contributed by atoms with Crippen LogP contribution in [-0.2, 0) is 11.3 Å². The van der Waals surface area contributed by atoms with Gasteiger partial charge in [-0.05, 0) is 17.9 Å². The number of pyridine rings is 1. The number of nitrogens with one attached hydrogen (secondary N) is 1. The molecule has 0 aliphatic heterocycles. The van der Waals surface area contributed by atoms with Crippen LogP contribution in [0.25, 0.3) is 0 Å². The molecule has 0 spiro atoms. The summed E-state index contributed by atoms with van der Waals surface area (Å²) in [4.78, 5) is 4.23. The zero-order chi connectivity index (χ0) is 15.5. The third-order valence-electron chi connectivity index (χ3n) is 4.37. The standard InChI is InChI=1S/C17H28N2O2/c1-12(2)11-21-15-8-14(17(15,3)4)18-9-13-6-7-16(20-5)19-10-13/h6-7,10,12,14-15,18H,8-9,11H2,1-5H3. The number of ether oxygens (including phenoxy) is 2. The molecule has 0 aromatic carbocycles. The van der Waals surface area contributed by atoms with Crippen LogP contribution in [0.4, 0.5) is 0 Å². The summed E-state index contributed by atoms with van der Waals surface area (Å²) < 4.78 is 11.1. The van der Waals surface area contributed by atoms with Gasteiger partial charge in [0, 0.05) is 36.9 Å². The molecule has 118 valence electrons. The highest BCUT2D eigenvalue weighted by Gasteiger charge is 2.48. The number of methoxy groups -OCH3 is 1. The number of hydrogen-bond acceptors (Lipinski definition) is 4. The Balaban J connectivity index is 1.79. The van der Waals surface area contributed by atoms with E-state index in [1.807, 2.05) is 12.3 Å². The fourth-order valence-electron chi connectivity index (χ4n) is 2.70. The van der Waals surface area contributed by atoms with Crippen LogP contribution in [0.2, 0.25) is 0 Å². The summed E-state index contributed by atoms with van der Waals surface area (Å²) in [6.07, 6.45) is 3.32. The minimum Gasteiger partial charge on any atom is -0.481 e. The Kier molecular flexibility index (Phi) is 5.22. The molecule has 2 unspecified atom stereocenters. The van der Waals surface area contributed by atoms with Gasteiger partial charge in [0.05, 0.1) is 13.2 Å². The van der Waals surface area contributed by atoms with Crippen LogP contribution in [0, 0.1) is 11.3 Å². The third-order valence-corrected chi connectivity index (χ3v) is 4.37. The Morgan fingerprint density at radius 3 is 2.67 bits per heavy atom. The molecule has 1 N–H and O–H groups in total. The monoisotopic (exact) mass is 292 g/mol. The molecule has 1 fully saturated rings. The van der Waals surface area contributed by atoms with E-state index in [4.69, 9.17) is 9.47 Å². The van der Waals surface area contributed by atoms with Crippen molar-refractivity contribution in [3.63, 3.8) is 0 Å². The van der Waals surface area contributed by atoms with E-state index in [0.717, 1.165) is 19.6 Å². The van der Waals surface area contributed by atoms with Crippen molar-refractivity contribution in [2.45, 2.75) is 52.8 Å². The van der Waals surface area contributed by atoms with E-state index in [2.05, 4.69) is 44.1 Å². The Hall–Kier alpha value is -1.13. The molecule has 1 saturated carbocycles. The van der Waals surface area contributed by atoms with E-state index in [-0.39, 0.29) is 5.41 Å². The zero-order valence-electron chi connectivity index (χ0n) is 13.8. The largest absolute Gasteiger partial charge is 0.481 e. The maximum Gasteiger partial charge on any atom is 0.212 e. The molecule has 0 amide bonds. The number of nitrogens with zero attached hydrogens (tertiary/aromatic N) is 1. The van der Waals surface area contributed by atoms with Gasteiger partial charge in [-0.15, -0.1) is 0 Å². The molecule has 1 aromatic heterocycles. The topological polar surface area (TPSA) is 43.4 Å². The molecule has 1 aromatic rings. The van der Waals surface area contributed by atoms with Crippen LogP contribution in [-0.4, -0.2) is 30.8 Å². The average molecular weight is 292 g/mol. The van der Waals surface area contributed by atoms with Crippen molar-refractivity contribution in [1.82, 2.24) is 10.3 Å². The summed E-state index contributed by atoms with van der Waals surface area (Å²) in [7, 11) is 1.63. The van der Waals surface area contributed by atoms with Gasteiger partial charge in [0.1, 0.15) is 0 Å². The highest BCUT2D eigenvalue weighted by atomic mass is 16.5. The van der Waals surface area contributed by atoms with Crippen molar-refractivity contribution in [3.8, 4) is 5.88 Å². The molecular formula is C17H28N2O2. The van der Waals surface area contributed by atoms with E-state index in [1.54, 1.807) is 7.11 Å². The van der Waals surface area contributed by atoms with Crippen molar-refractivity contribution < 1.29 is 9.47 Å². The summed E-state index contributed by atoms with van der Waals surface area (Å²) >= 11 is 0. The molecule has 1 aliphatic rings. The maximum absolute atomic E-state index is 6.00. The molecule has 4 nitrogen and oxygen atoms in total. The fraction of sp³-hybridized carbons (Fsp3) is 0.706. The number of aromatic nitrogens is 1. The predicted octanol–water partition coefficient (Wildman–Crippen LogP) is 3.02. The van der Waals surface area contributed by atoms with Gasteiger partial charge < -0.3 is 14.8 Å². The van der Waals surface area contributed by atoms with Gasteiger partial charge >= 0.3 is 0 Å². The van der Waals surface area contributed by atoms with Gasteiger partial charge in [0.15, 0.2) is 0 Å². The first kappa shape index (κ1) is 16.2. The Bertz CT molecular complexity index is 443. The predicted molar refractivity (Wildman–Crippen MR) is 84.4 cm³/mol. The van der Waals surface area contributed by atoms with E-state index in [9.17, 15) is 0 Å². The lowest BCUT2D eigenvalue weighted by atomic mass is 9.64. The number of rotatable bonds is 7. The second kappa shape index (κ2) is 6.75. The average Bonchev–Trinajstić information content (AvgIpc) is 2.46. The molecule has 21 heavy (non-hydrogen) atoms.